The smallest absolute Gasteiger partial charge is 0.426 e. The summed E-state index contributed by atoms with van der Waals surface area (Å²) in [6, 6.07) is 15.9. The maximum Gasteiger partial charge on any atom is 0.426 e. The highest BCUT2D eigenvalue weighted by molar-refractivity contribution is 7.99. The highest BCUT2D eigenvalue weighted by Crippen LogP contribution is 2.41. The maximum absolute atomic E-state index is 12.6. The normalized spacial score (nSPS) is 17.9. The molecular formula is C21H23N3O5S. The summed E-state index contributed by atoms with van der Waals surface area (Å²) in [7, 11) is 1.57. The minimum Gasteiger partial charge on any atom is -0.497 e. The van der Waals surface area contributed by atoms with E-state index < -0.39 is 18.0 Å². The van der Waals surface area contributed by atoms with E-state index in [1.807, 2.05) is 30.3 Å². The third-order valence-corrected chi connectivity index (χ3v) is 5.89. The number of carbonyl (C=O) groups is 3. The van der Waals surface area contributed by atoms with Gasteiger partial charge in [0, 0.05) is 12.7 Å². The summed E-state index contributed by atoms with van der Waals surface area (Å²) < 4.78 is 10.2. The van der Waals surface area contributed by atoms with Crippen LogP contribution in [0, 0.1) is 0 Å². The average molecular weight is 429 g/mol. The molecule has 3 rings (SSSR count). The highest BCUT2D eigenvalue weighted by Gasteiger charge is 2.41. The van der Waals surface area contributed by atoms with Crippen LogP contribution in [-0.2, 0) is 20.9 Å². The lowest BCUT2D eigenvalue weighted by molar-refractivity contribution is -0.138. The third-order valence-electron chi connectivity index (χ3n) is 4.57. The summed E-state index contributed by atoms with van der Waals surface area (Å²) in [5.74, 6) is 0.440. The second-order valence-electron chi connectivity index (χ2n) is 6.58. The average Bonchev–Trinajstić information content (AvgIpc) is 3.22. The van der Waals surface area contributed by atoms with Gasteiger partial charge in [0.05, 0.1) is 7.11 Å². The Kier molecular flexibility index (Phi) is 7.18. The molecule has 8 nitrogen and oxygen atoms in total. The van der Waals surface area contributed by atoms with Crippen LogP contribution in [0.1, 0.15) is 23.4 Å². The first kappa shape index (κ1) is 21.5. The van der Waals surface area contributed by atoms with Crippen molar-refractivity contribution in [1.29, 1.82) is 0 Å². The summed E-state index contributed by atoms with van der Waals surface area (Å²) in [6.07, 6.45) is -0.793. The fourth-order valence-electron chi connectivity index (χ4n) is 3.07. The number of hydrogen-bond donors (Lipinski definition) is 2. The molecule has 30 heavy (non-hydrogen) atoms. The monoisotopic (exact) mass is 429 g/mol. The number of nitrogens with zero attached hydrogens (tertiary/aromatic N) is 1. The van der Waals surface area contributed by atoms with Crippen molar-refractivity contribution in [2.24, 2.45) is 0 Å². The third kappa shape index (κ3) is 5.24. The Balaban J connectivity index is 1.52. The molecule has 0 aromatic heterocycles. The molecule has 0 bridgehead atoms. The zero-order chi connectivity index (χ0) is 21.5. The number of benzene rings is 2. The number of amides is 3. The standard InChI is InChI=1S/C21H23N3O5S/c1-14(25)24-18(13-30-20(24)16-6-4-3-5-7-16)19(26)22-23-21(27)29-12-15-8-10-17(28-2)11-9-15/h3-11,18,20H,12-13H2,1-2H3,(H,22,26)(H,23,27)/t18-,20-/m1/s1. The van der Waals surface area contributed by atoms with E-state index in [1.165, 1.54) is 23.6 Å². The molecule has 2 atom stereocenters. The number of hydrogen-bond acceptors (Lipinski definition) is 6. The van der Waals surface area contributed by atoms with E-state index in [9.17, 15) is 14.4 Å². The summed E-state index contributed by atoms with van der Waals surface area (Å²) in [5.41, 5.74) is 6.30. The van der Waals surface area contributed by atoms with Crippen molar-refractivity contribution in [2.75, 3.05) is 12.9 Å². The SMILES string of the molecule is COc1ccc(COC(=O)NNC(=O)[C@H]2CS[C@H](c3ccccc3)N2C(C)=O)cc1. The second kappa shape index (κ2) is 10.0. The van der Waals surface area contributed by atoms with Gasteiger partial charge in [0.1, 0.15) is 23.8 Å². The number of rotatable bonds is 5. The Morgan fingerprint density at radius 3 is 2.40 bits per heavy atom. The molecule has 0 saturated carbocycles. The molecule has 2 N–H and O–H groups in total. The van der Waals surface area contributed by atoms with Gasteiger partial charge in [0.2, 0.25) is 5.91 Å². The first-order valence-electron chi connectivity index (χ1n) is 9.30. The minimum atomic E-state index is -0.793. The quantitative estimate of drug-likeness (QED) is 0.710. The predicted molar refractivity (Wildman–Crippen MR) is 112 cm³/mol. The Labute approximate surface area is 178 Å². The second-order valence-corrected chi connectivity index (χ2v) is 7.69. The van der Waals surface area contributed by atoms with Gasteiger partial charge in [-0.2, -0.15) is 0 Å². The first-order chi connectivity index (χ1) is 14.5. The van der Waals surface area contributed by atoms with Crippen molar-refractivity contribution in [3.63, 3.8) is 0 Å². The van der Waals surface area contributed by atoms with Gasteiger partial charge in [0.25, 0.3) is 5.91 Å². The van der Waals surface area contributed by atoms with Gasteiger partial charge in [-0.3, -0.25) is 15.0 Å². The Bertz CT molecular complexity index is 891. The molecule has 158 valence electrons. The van der Waals surface area contributed by atoms with Gasteiger partial charge in [-0.1, -0.05) is 42.5 Å². The molecule has 0 unspecified atom stereocenters. The van der Waals surface area contributed by atoms with E-state index >= 15 is 0 Å². The fraction of sp³-hybridized carbons (Fsp3) is 0.286. The van der Waals surface area contributed by atoms with Gasteiger partial charge in [-0.25, -0.2) is 10.2 Å². The number of ether oxygens (including phenoxy) is 2. The zero-order valence-corrected chi connectivity index (χ0v) is 17.5. The van der Waals surface area contributed by atoms with Gasteiger partial charge in [-0.15, -0.1) is 11.8 Å². The molecule has 1 fully saturated rings. The first-order valence-corrected chi connectivity index (χ1v) is 10.4. The molecular weight excluding hydrogens is 406 g/mol. The zero-order valence-electron chi connectivity index (χ0n) is 16.7. The van der Waals surface area contributed by atoms with E-state index in [0.29, 0.717) is 11.5 Å². The fourth-order valence-corrected chi connectivity index (χ4v) is 4.55. The molecule has 0 spiro atoms. The number of thioether (sulfide) groups is 1. The molecule has 2 aromatic carbocycles. The van der Waals surface area contributed by atoms with Crippen LogP contribution in [0.5, 0.6) is 5.75 Å². The lowest BCUT2D eigenvalue weighted by Crippen LogP contribution is -2.52. The van der Waals surface area contributed by atoms with E-state index in [0.717, 1.165) is 11.1 Å². The van der Waals surface area contributed by atoms with Crippen molar-refractivity contribution < 1.29 is 23.9 Å². The van der Waals surface area contributed by atoms with Crippen LogP contribution in [0.25, 0.3) is 0 Å². The van der Waals surface area contributed by atoms with Crippen LogP contribution in [0.15, 0.2) is 54.6 Å². The van der Waals surface area contributed by atoms with Crippen molar-refractivity contribution in [1.82, 2.24) is 15.8 Å². The highest BCUT2D eigenvalue weighted by atomic mass is 32.2. The lowest BCUT2D eigenvalue weighted by Gasteiger charge is -2.27. The van der Waals surface area contributed by atoms with Crippen LogP contribution in [-0.4, -0.2) is 41.7 Å². The van der Waals surface area contributed by atoms with Gasteiger partial charge >= 0.3 is 6.09 Å². The van der Waals surface area contributed by atoms with Gasteiger partial charge in [0.15, 0.2) is 0 Å². The van der Waals surface area contributed by atoms with Crippen LogP contribution in [0.4, 0.5) is 4.79 Å². The van der Waals surface area contributed by atoms with Crippen molar-refractivity contribution >= 4 is 29.7 Å². The molecule has 1 aliphatic heterocycles. The summed E-state index contributed by atoms with van der Waals surface area (Å²) in [4.78, 5) is 38.2. The summed E-state index contributed by atoms with van der Waals surface area (Å²) >= 11 is 1.50. The van der Waals surface area contributed by atoms with E-state index in [1.54, 1.807) is 31.4 Å². The number of methoxy groups -OCH3 is 1. The van der Waals surface area contributed by atoms with Gasteiger partial charge in [-0.05, 0) is 23.3 Å². The Morgan fingerprint density at radius 1 is 1.07 bits per heavy atom. The molecule has 0 radical (unpaired) electrons. The largest absolute Gasteiger partial charge is 0.497 e. The number of hydrazine groups is 1. The molecule has 9 heteroatoms. The number of carbonyl (C=O) groups excluding carboxylic acids is 3. The van der Waals surface area contributed by atoms with Crippen LogP contribution < -0.4 is 15.6 Å². The van der Waals surface area contributed by atoms with Crippen LogP contribution >= 0.6 is 11.8 Å². The maximum atomic E-state index is 12.6. The molecule has 0 aliphatic carbocycles. The summed E-state index contributed by atoms with van der Waals surface area (Å²) in [5, 5.41) is -0.249. The van der Waals surface area contributed by atoms with Crippen molar-refractivity contribution in [3.05, 3.63) is 65.7 Å². The predicted octanol–water partition coefficient (Wildman–Crippen LogP) is 2.62. The Morgan fingerprint density at radius 2 is 1.77 bits per heavy atom. The Hall–Kier alpha value is -3.20. The minimum absolute atomic E-state index is 0.0423. The molecule has 1 aliphatic rings. The molecule has 2 aromatic rings. The van der Waals surface area contributed by atoms with Crippen molar-refractivity contribution in [2.45, 2.75) is 24.9 Å². The van der Waals surface area contributed by atoms with Gasteiger partial charge < -0.3 is 14.4 Å². The van der Waals surface area contributed by atoms with E-state index in [-0.39, 0.29) is 17.9 Å². The van der Waals surface area contributed by atoms with Crippen molar-refractivity contribution in [3.8, 4) is 5.75 Å². The van der Waals surface area contributed by atoms with Crippen LogP contribution in [0.3, 0.4) is 0 Å². The molecule has 1 saturated heterocycles. The van der Waals surface area contributed by atoms with Crippen LogP contribution in [0.2, 0.25) is 0 Å². The molecule has 3 amide bonds. The summed E-state index contributed by atoms with van der Waals surface area (Å²) in [6.45, 7) is 1.47. The van der Waals surface area contributed by atoms with E-state index in [4.69, 9.17) is 9.47 Å². The topological polar surface area (TPSA) is 97.0 Å². The number of nitrogens with one attached hydrogen (secondary N) is 2. The van der Waals surface area contributed by atoms with E-state index in [2.05, 4.69) is 10.9 Å². The molecule has 1 heterocycles. The lowest BCUT2D eigenvalue weighted by atomic mass is 10.1.